The Morgan fingerprint density at radius 1 is 1.36 bits per heavy atom. The van der Waals surface area contributed by atoms with E-state index in [-0.39, 0.29) is 24.3 Å². The molecule has 0 fully saturated rings. The van der Waals surface area contributed by atoms with Crippen LogP contribution in [-0.4, -0.2) is 28.7 Å². The van der Waals surface area contributed by atoms with Crippen LogP contribution >= 0.6 is 11.3 Å². The van der Waals surface area contributed by atoms with Gasteiger partial charge in [0.1, 0.15) is 0 Å². The van der Waals surface area contributed by atoms with Crippen LogP contribution in [0.1, 0.15) is 29.8 Å². The molecule has 0 aliphatic carbocycles. The topological polar surface area (TPSA) is 62.3 Å². The van der Waals surface area contributed by atoms with E-state index in [9.17, 15) is 9.59 Å². The number of pyridine rings is 1. The Morgan fingerprint density at radius 3 is 2.77 bits per heavy atom. The molecule has 1 atom stereocenters. The number of carbonyl (C=O) groups excluding carboxylic acids is 2. The number of carbonyl (C=O) groups is 2. The molecular weight excluding hydrogens is 298 g/mol. The smallest absolute Gasteiger partial charge is 0.225 e. The molecule has 22 heavy (non-hydrogen) atoms. The van der Waals surface area contributed by atoms with E-state index in [1.165, 1.54) is 18.3 Å². The summed E-state index contributed by atoms with van der Waals surface area (Å²) in [4.78, 5) is 30.4. The maximum absolute atomic E-state index is 12.4. The van der Waals surface area contributed by atoms with Crippen LogP contribution in [0.15, 0.2) is 42.0 Å². The van der Waals surface area contributed by atoms with Gasteiger partial charge in [0.05, 0.1) is 12.5 Å². The van der Waals surface area contributed by atoms with E-state index in [0.717, 1.165) is 10.4 Å². The minimum absolute atomic E-state index is 0.0176. The third-order valence-corrected chi connectivity index (χ3v) is 4.20. The highest BCUT2D eigenvalue weighted by atomic mass is 32.1. The molecule has 0 aromatic carbocycles. The van der Waals surface area contributed by atoms with Crippen molar-refractivity contribution in [2.75, 3.05) is 7.05 Å². The monoisotopic (exact) mass is 317 g/mol. The molecule has 2 rings (SSSR count). The van der Waals surface area contributed by atoms with E-state index in [4.69, 9.17) is 0 Å². The zero-order valence-electron chi connectivity index (χ0n) is 12.7. The van der Waals surface area contributed by atoms with Gasteiger partial charge in [0.25, 0.3) is 0 Å². The Balaban J connectivity index is 1.99. The van der Waals surface area contributed by atoms with Gasteiger partial charge < -0.3 is 10.2 Å². The van der Waals surface area contributed by atoms with Crippen molar-refractivity contribution in [1.29, 1.82) is 0 Å². The van der Waals surface area contributed by atoms with Gasteiger partial charge in [0.15, 0.2) is 0 Å². The fraction of sp³-hybridized carbons (Fsp3) is 0.312. The van der Waals surface area contributed by atoms with Crippen LogP contribution in [0.3, 0.4) is 0 Å². The number of rotatable bonds is 6. The normalized spacial score (nSPS) is 11.7. The third-order valence-electron chi connectivity index (χ3n) is 3.21. The van der Waals surface area contributed by atoms with Crippen LogP contribution in [0.4, 0.5) is 0 Å². The van der Waals surface area contributed by atoms with E-state index in [2.05, 4.69) is 10.3 Å². The summed E-state index contributed by atoms with van der Waals surface area (Å²) in [5.41, 5.74) is 0.977. The Bertz CT molecular complexity index is 614. The minimum atomic E-state index is -0.277. The van der Waals surface area contributed by atoms with Gasteiger partial charge >= 0.3 is 0 Å². The van der Waals surface area contributed by atoms with Crippen LogP contribution in [0.25, 0.3) is 0 Å². The first-order chi connectivity index (χ1) is 10.6. The highest BCUT2D eigenvalue weighted by Crippen LogP contribution is 2.23. The number of nitrogens with zero attached hydrogens (tertiary/aromatic N) is 2. The molecule has 0 saturated carbocycles. The molecule has 0 radical (unpaired) electrons. The van der Waals surface area contributed by atoms with Gasteiger partial charge in [-0.15, -0.1) is 11.3 Å². The third kappa shape index (κ3) is 4.66. The lowest BCUT2D eigenvalue weighted by Crippen LogP contribution is -2.33. The van der Waals surface area contributed by atoms with Crippen LogP contribution in [0.5, 0.6) is 0 Å². The largest absolute Gasteiger partial charge is 0.348 e. The summed E-state index contributed by atoms with van der Waals surface area (Å²) in [6.45, 7) is 1.97. The standard InChI is InChI=1S/C16H19N3O2S/c1-12(20)18-14(15-6-4-8-22-15)9-16(21)19(2)11-13-5-3-7-17-10-13/h3-8,10,14H,9,11H2,1-2H3,(H,18,20)/t14-/m1/s1. The van der Waals surface area contributed by atoms with Gasteiger partial charge in [0, 0.05) is 37.8 Å². The fourth-order valence-corrected chi connectivity index (χ4v) is 2.92. The second-order valence-electron chi connectivity index (χ2n) is 5.08. The molecule has 2 heterocycles. The van der Waals surface area contributed by atoms with Crippen LogP contribution < -0.4 is 5.32 Å². The molecule has 0 aliphatic rings. The lowest BCUT2D eigenvalue weighted by atomic mass is 10.1. The Kier molecular flexibility index (Phi) is 5.66. The number of thiophene rings is 1. The zero-order chi connectivity index (χ0) is 15.9. The SMILES string of the molecule is CC(=O)N[C@H](CC(=O)N(C)Cc1cccnc1)c1cccs1. The Morgan fingerprint density at radius 2 is 2.18 bits per heavy atom. The van der Waals surface area contributed by atoms with Crippen molar-refractivity contribution in [1.82, 2.24) is 15.2 Å². The van der Waals surface area contributed by atoms with Crippen molar-refractivity contribution in [2.45, 2.75) is 25.9 Å². The number of hydrogen-bond donors (Lipinski definition) is 1. The molecule has 0 aliphatic heterocycles. The molecule has 2 aromatic rings. The van der Waals surface area contributed by atoms with E-state index < -0.39 is 0 Å². The summed E-state index contributed by atoms with van der Waals surface area (Å²) in [6, 6.07) is 7.35. The van der Waals surface area contributed by atoms with Crippen LogP contribution in [0, 0.1) is 0 Å². The second-order valence-corrected chi connectivity index (χ2v) is 6.06. The first-order valence-electron chi connectivity index (χ1n) is 6.99. The van der Waals surface area contributed by atoms with Crippen molar-refractivity contribution in [3.63, 3.8) is 0 Å². The number of amides is 2. The summed E-state index contributed by atoms with van der Waals surface area (Å²) in [7, 11) is 1.76. The summed E-state index contributed by atoms with van der Waals surface area (Å²) in [5.74, 6) is -0.155. The molecule has 2 amide bonds. The average molecular weight is 317 g/mol. The molecule has 6 heteroatoms. The Labute approximate surface area is 134 Å². The molecule has 0 spiro atoms. The molecule has 116 valence electrons. The van der Waals surface area contributed by atoms with Gasteiger partial charge in [-0.05, 0) is 23.1 Å². The first-order valence-corrected chi connectivity index (χ1v) is 7.87. The predicted octanol–water partition coefficient (Wildman–Crippen LogP) is 2.37. The molecule has 5 nitrogen and oxygen atoms in total. The minimum Gasteiger partial charge on any atom is -0.348 e. The highest BCUT2D eigenvalue weighted by Gasteiger charge is 2.20. The van der Waals surface area contributed by atoms with Gasteiger partial charge in [-0.25, -0.2) is 0 Å². The number of nitrogens with one attached hydrogen (secondary N) is 1. The van der Waals surface area contributed by atoms with Gasteiger partial charge in [0.2, 0.25) is 11.8 Å². The summed E-state index contributed by atoms with van der Waals surface area (Å²) in [5, 5.41) is 4.78. The summed E-state index contributed by atoms with van der Waals surface area (Å²) < 4.78 is 0. The van der Waals surface area contributed by atoms with Crippen molar-refractivity contribution >= 4 is 23.2 Å². The molecule has 1 N–H and O–H groups in total. The second kappa shape index (κ2) is 7.70. The first kappa shape index (κ1) is 16.2. The maximum Gasteiger partial charge on any atom is 0.225 e. The number of hydrogen-bond acceptors (Lipinski definition) is 4. The number of aromatic nitrogens is 1. The lowest BCUT2D eigenvalue weighted by molar-refractivity contribution is -0.131. The highest BCUT2D eigenvalue weighted by molar-refractivity contribution is 7.10. The van der Waals surface area contributed by atoms with Gasteiger partial charge in [-0.2, -0.15) is 0 Å². The average Bonchev–Trinajstić information content (AvgIpc) is 3.01. The summed E-state index contributed by atoms with van der Waals surface area (Å²) in [6.07, 6.45) is 3.69. The lowest BCUT2D eigenvalue weighted by Gasteiger charge is -2.21. The van der Waals surface area contributed by atoms with Gasteiger partial charge in [-0.3, -0.25) is 14.6 Å². The predicted molar refractivity (Wildman–Crippen MR) is 86.2 cm³/mol. The van der Waals surface area contributed by atoms with Crippen molar-refractivity contribution in [3.8, 4) is 0 Å². The quantitative estimate of drug-likeness (QED) is 0.889. The van der Waals surface area contributed by atoms with E-state index >= 15 is 0 Å². The Hall–Kier alpha value is -2.21. The molecule has 0 saturated heterocycles. The van der Waals surface area contributed by atoms with Gasteiger partial charge in [-0.1, -0.05) is 12.1 Å². The van der Waals surface area contributed by atoms with Crippen molar-refractivity contribution < 1.29 is 9.59 Å². The maximum atomic E-state index is 12.4. The summed E-state index contributed by atoms with van der Waals surface area (Å²) >= 11 is 1.54. The van der Waals surface area contributed by atoms with E-state index in [1.807, 2.05) is 29.6 Å². The molecule has 2 aromatic heterocycles. The van der Waals surface area contributed by atoms with E-state index in [0.29, 0.717) is 6.54 Å². The molecule has 0 unspecified atom stereocenters. The molecular formula is C16H19N3O2S. The van der Waals surface area contributed by atoms with Crippen LogP contribution in [0.2, 0.25) is 0 Å². The van der Waals surface area contributed by atoms with Crippen molar-refractivity contribution in [3.05, 3.63) is 52.5 Å². The fourth-order valence-electron chi connectivity index (χ4n) is 2.14. The zero-order valence-corrected chi connectivity index (χ0v) is 13.5. The van der Waals surface area contributed by atoms with Crippen molar-refractivity contribution in [2.24, 2.45) is 0 Å². The molecule has 0 bridgehead atoms. The van der Waals surface area contributed by atoms with Crippen LogP contribution in [-0.2, 0) is 16.1 Å². The van der Waals surface area contributed by atoms with E-state index in [1.54, 1.807) is 24.3 Å².